The van der Waals surface area contributed by atoms with E-state index in [-0.39, 0.29) is 12.2 Å². The Morgan fingerprint density at radius 2 is 1.83 bits per heavy atom. The molecule has 5 rings (SSSR count). The summed E-state index contributed by atoms with van der Waals surface area (Å²) in [6.45, 7) is 10.3. The van der Waals surface area contributed by atoms with Crippen LogP contribution >= 0.6 is 0 Å². The molecule has 1 aliphatic rings. The van der Waals surface area contributed by atoms with Gasteiger partial charge < -0.3 is 14.9 Å². The maximum atomic E-state index is 12.6. The van der Waals surface area contributed by atoms with Gasteiger partial charge in [-0.2, -0.15) is 4.98 Å². The number of hydrogen-bond acceptors (Lipinski definition) is 7. The third-order valence-electron chi connectivity index (χ3n) is 6.66. The first-order valence-corrected chi connectivity index (χ1v) is 12.1. The largest absolute Gasteiger partial charge is 0.392 e. The van der Waals surface area contributed by atoms with E-state index in [1.54, 1.807) is 12.3 Å². The van der Waals surface area contributed by atoms with Gasteiger partial charge in [0, 0.05) is 49.4 Å². The van der Waals surface area contributed by atoms with Crippen LogP contribution in [0.3, 0.4) is 0 Å². The van der Waals surface area contributed by atoms with E-state index in [0.29, 0.717) is 23.5 Å². The Balaban J connectivity index is 1.58. The van der Waals surface area contributed by atoms with Gasteiger partial charge in [-0.3, -0.25) is 14.8 Å². The first kappa shape index (κ1) is 23.8. The maximum Gasteiger partial charge on any atom is 0.277 e. The number of anilines is 4. The van der Waals surface area contributed by atoms with Crippen LogP contribution in [0.2, 0.25) is 0 Å². The molecule has 36 heavy (non-hydrogen) atoms. The molecular weight excluding hydrogens is 454 g/mol. The van der Waals surface area contributed by atoms with Crippen LogP contribution < -0.4 is 15.4 Å². The zero-order chi connectivity index (χ0) is 25.2. The number of fused-ring (bicyclic) bond motifs is 1. The zero-order valence-corrected chi connectivity index (χ0v) is 20.7. The van der Waals surface area contributed by atoms with Crippen LogP contribution in [0.15, 0.2) is 66.1 Å². The molecule has 2 aromatic heterocycles. The summed E-state index contributed by atoms with van der Waals surface area (Å²) >= 11 is 0. The monoisotopic (exact) mass is 485 g/mol. The standard InChI is InChI=1S/C27H31N7O2/c1-4-11-33-26(36)23-17-28-27(29-25(23)30-33)34(21-7-5-20(18-35)6-8-21)22-9-10-24(19(2)16-22)32-14-12-31(3)13-15-32/h4-10,16-17,35H,1,11-15,18H2,2-3H3,(H,28,29,30). The topological polar surface area (TPSA) is 93.5 Å². The molecule has 4 aromatic rings. The number of hydrogen-bond donors (Lipinski definition) is 2. The smallest absolute Gasteiger partial charge is 0.277 e. The van der Waals surface area contributed by atoms with E-state index in [1.165, 1.54) is 15.9 Å². The summed E-state index contributed by atoms with van der Waals surface area (Å²) in [7, 11) is 2.16. The van der Waals surface area contributed by atoms with Crippen LogP contribution in [0, 0.1) is 6.92 Å². The Morgan fingerprint density at radius 1 is 1.11 bits per heavy atom. The van der Waals surface area contributed by atoms with Gasteiger partial charge in [-0.15, -0.1) is 6.58 Å². The Kier molecular flexibility index (Phi) is 6.58. The van der Waals surface area contributed by atoms with Crippen LogP contribution in [-0.2, 0) is 13.2 Å². The van der Waals surface area contributed by atoms with Crippen LogP contribution in [0.5, 0.6) is 0 Å². The molecule has 0 bridgehead atoms. The summed E-state index contributed by atoms with van der Waals surface area (Å²) in [5.74, 6) is 0.443. The van der Waals surface area contributed by atoms with E-state index in [9.17, 15) is 9.90 Å². The normalized spacial score (nSPS) is 14.4. The van der Waals surface area contributed by atoms with Gasteiger partial charge in [-0.05, 0) is 55.4 Å². The van der Waals surface area contributed by atoms with Gasteiger partial charge in [-0.25, -0.2) is 9.67 Å². The predicted molar refractivity (Wildman–Crippen MR) is 143 cm³/mol. The number of benzene rings is 2. The number of likely N-dealkylation sites (N-methyl/N-ethyl adjacent to an activating group) is 1. The molecule has 0 aliphatic carbocycles. The lowest BCUT2D eigenvalue weighted by Crippen LogP contribution is -2.44. The Morgan fingerprint density at radius 3 is 2.50 bits per heavy atom. The first-order chi connectivity index (χ1) is 17.5. The highest BCUT2D eigenvalue weighted by Crippen LogP contribution is 2.35. The second-order valence-corrected chi connectivity index (χ2v) is 9.17. The maximum absolute atomic E-state index is 12.6. The third kappa shape index (κ3) is 4.50. The molecule has 0 atom stereocenters. The van der Waals surface area contributed by atoms with Gasteiger partial charge in [0.25, 0.3) is 5.56 Å². The van der Waals surface area contributed by atoms with E-state index in [4.69, 9.17) is 4.98 Å². The fraction of sp³-hybridized carbons (Fsp3) is 0.296. The second kappa shape index (κ2) is 9.96. The molecule has 0 unspecified atom stereocenters. The molecule has 1 aliphatic heterocycles. The molecule has 9 nitrogen and oxygen atoms in total. The number of allylic oxidation sites excluding steroid dienone is 1. The fourth-order valence-electron chi connectivity index (χ4n) is 4.61. The minimum absolute atomic E-state index is 0.0282. The summed E-state index contributed by atoms with van der Waals surface area (Å²) in [5, 5.41) is 13.0. The molecule has 2 N–H and O–H groups in total. The summed E-state index contributed by atoms with van der Waals surface area (Å²) < 4.78 is 1.46. The van der Waals surface area contributed by atoms with Crippen molar-refractivity contribution in [1.29, 1.82) is 0 Å². The molecule has 1 saturated heterocycles. The molecule has 0 radical (unpaired) electrons. The average Bonchev–Trinajstić information content (AvgIpc) is 3.20. The van der Waals surface area contributed by atoms with Crippen molar-refractivity contribution in [3.05, 3.63) is 82.8 Å². The SMILES string of the molecule is C=CCn1[nH]c2nc(N(c3ccc(CO)cc3)c3ccc(N4CCN(C)CC4)c(C)c3)ncc2c1=O. The van der Waals surface area contributed by atoms with Gasteiger partial charge in [0.2, 0.25) is 5.95 Å². The van der Waals surface area contributed by atoms with E-state index in [2.05, 4.69) is 58.6 Å². The predicted octanol–water partition coefficient (Wildman–Crippen LogP) is 3.33. The Hall–Kier alpha value is -3.95. The number of aromatic amines is 1. The number of aromatic nitrogens is 4. The Bertz CT molecular complexity index is 1430. The molecular formula is C27H31N7O2. The molecule has 0 amide bonds. The highest BCUT2D eigenvalue weighted by Gasteiger charge is 2.21. The van der Waals surface area contributed by atoms with Crippen molar-refractivity contribution >= 4 is 34.0 Å². The number of H-pyrrole nitrogens is 1. The highest BCUT2D eigenvalue weighted by molar-refractivity contribution is 5.79. The van der Waals surface area contributed by atoms with Gasteiger partial charge in [-0.1, -0.05) is 18.2 Å². The molecule has 0 spiro atoms. The van der Waals surface area contributed by atoms with Crippen molar-refractivity contribution in [3.8, 4) is 0 Å². The highest BCUT2D eigenvalue weighted by atomic mass is 16.3. The van der Waals surface area contributed by atoms with Crippen LogP contribution in [0.1, 0.15) is 11.1 Å². The second-order valence-electron chi connectivity index (χ2n) is 9.17. The lowest BCUT2D eigenvalue weighted by molar-refractivity contribution is 0.282. The van der Waals surface area contributed by atoms with Gasteiger partial charge >= 0.3 is 0 Å². The van der Waals surface area contributed by atoms with E-state index in [1.807, 2.05) is 29.2 Å². The summed E-state index contributed by atoms with van der Waals surface area (Å²) in [6, 6.07) is 14.0. The number of aliphatic hydroxyl groups excluding tert-OH is 1. The van der Waals surface area contributed by atoms with E-state index in [0.717, 1.165) is 43.1 Å². The minimum Gasteiger partial charge on any atom is -0.392 e. The number of nitrogens with zero attached hydrogens (tertiary/aromatic N) is 6. The molecule has 9 heteroatoms. The summed E-state index contributed by atoms with van der Waals surface area (Å²) in [4.78, 5) is 28.7. The van der Waals surface area contributed by atoms with Crippen LogP contribution in [-0.4, -0.2) is 63.0 Å². The van der Waals surface area contributed by atoms with Crippen LogP contribution in [0.25, 0.3) is 11.0 Å². The van der Waals surface area contributed by atoms with Crippen molar-refractivity contribution < 1.29 is 5.11 Å². The van der Waals surface area contributed by atoms with E-state index < -0.39 is 0 Å². The lowest BCUT2D eigenvalue weighted by Gasteiger charge is -2.35. The Labute approximate surface area is 209 Å². The number of nitrogens with one attached hydrogen (secondary N) is 1. The van der Waals surface area contributed by atoms with E-state index >= 15 is 0 Å². The molecule has 2 aromatic carbocycles. The molecule has 0 saturated carbocycles. The number of piperazine rings is 1. The number of aliphatic hydroxyl groups is 1. The summed E-state index contributed by atoms with van der Waals surface area (Å²) in [6.07, 6.45) is 3.22. The van der Waals surface area contributed by atoms with Crippen molar-refractivity contribution in [2.45, 2.75) is 20.1 Å². The van der Waals surface area contributed by atoms with Crippen LogP contribution in [0.4, 0.5) is 23.0 Å². The van der Waals surface area contributed by atoms with Crippen molar-refractivity contribution in [2.75, 3.05) is 43.0 Å². The molecule has 3 heterocycles. The van der Waals surface area contributed by atoms with Gasteiger partial charge in [0.1, 0.15) is 5.39 Å². The molecule has 186 valence electrons. The van der Waals surface area contributed by atoms with Gasteiger partial charge in [0.15, 0.2) is 5.65 Å². The quantitative estimate of drug-likeness (QED) is 0.388. The average molecular weight is 486 g/mol. The van der Waals surface area contributed by atoms with Gasteiger partial charge in [0.05, 0.1) is 13.2 Å². The third-order valence-corrected chi connectivity index (χ3v) is 6.66. The van der Waals surface area contributed by atoms with Crippen molar-refractivity contribution in [1.82, 2.24) is 24.6 Å². The molecule has 1 fully saturated rings. The summed E-state index contributed by atoms with van der Waals surface area (Å²) in [5.41, 5.74) is 5.27. The minimum atomic E-state index is -0.178. The first-order valence-electron chi connectivity index (χ1n) is 12.1. The van der Waals surface area contributed by atoms with Crippen molar-refractivity contribution in [3.63, 3.8) is 0 Å². The number of aryl methyl sites for hydroxylation is 1. The fourth-order valence-corrected chi connectivity index (χ4v) is 4.61. The van der Waals surface area contributed by atoms with Crippen molar-refractivity contribution in [2.24, 2.45) is 0 Å². The lowest BCUT2D eigenvalue weighted by atomic mass is 10.1. The number of rotatable bonds is 7. The zero-order valence-electron chi connectivity index (χ0n) is 20.7.